The van der Waals surface area contributed by atoms with Gasteiger partial charge in [-0.3, -0.25) is 9.48 Å². The van der Waals surface area contributed by atoms with Crippen LogP contribution in [0, 0.1) is 12.8 Å². The Bertz CT molecular complexity index is 572. The van der Waals surface area contributed by atoms with Crippen LogP contribution in [0.4, 0.5) is 0 Å². The number of aliphatic carboxylic acids is 1. The molecule has 4 nitrogen and oxygen atoms in total. The van der Waals surface area contributed by atoms with Crippen LogP contribution in [-0.4, -0.2) is 20.9 Å². The molecule has 1 aromatic carbocycles. The molecule has 0 spiro atoms. The zero-order valence-electron chi connectivity index (χ0n) is 10.3. The number of fused-ring (bicyclic) bond motifs is 1. The van der Waals surface area contributed by atoms with Crippen molar-refractivity contribution in [1.82, 2.24) is 9.78 Å². The zero-order chi connectivity index (χ0) is 12.6. The quantitative estimate of drug-likeness (QED) is 0.882. The first-order valence-corrected chi connectivity index (χ1v) is 5.64. The van der Waals surface area contributed by atoms with Gasteiger partial charge in [0.15, 0.2) is 0 Å². The first-order valence-electron chi connectivity index (χ1n) is 5.64. The summed E-state index contributed by atoms with van der Waals surface area (Å²) >= 11 is 0. The maximum atomic E-state index is 10.8. The molecule has 2 rings (SSSR count). The highest BCUT2D eigenvalue weighted by molar-refractivity contribution is 5.82. The second-order valence-corrected chi connectivity index (χ2v) is 4.50. The van der Waals surface area contributed by atoms with E-state index in [0.29, 0.717) is 6.42 Å². The minimum absolute atomic E-state index is 0.357. The van der Waals surface area contributed by atoms with Crippen molar-refractivity contribution < 1.29 is 9.90 Å². The lowest BCUT2D eigenvalue weighted by Crippen LogP contribution is -2.12. The van der Waals surface area contributed by atoms with Crippen LogP contribution in [0.5, 0.6) is 0 Å². The molecule has 0 aliphatic rings. The number of benzene rings is 1. The van der Waals surface area contributed by atoms with Crippen LogP contribution < -0.4 is 0 Å². The molecule has 90 valence electrons. The average Bonchev–Trinajstić information content (AvgIpc) is 2.55. The van der Waals surface area contributed by atoms with E-state index in [2.05, 4.69) is 5.10 Å². The molecule has 0 saturated carbocycles. The van der Waals surface area contributed by atoms with E-state index in [1.54, 1.807) is 6.92 Å². The number of rotatable bonds is 3. The number of aromatic nitrogens is 2. The number of hydrogen-bond donors (Lipinski definition) is 1. The fraction of sp³-hybridized carbons (Fsp3) is 0.385. The Kier molecular flexibility index (Phi) is 2.88. The van der Waals surface area contributed by atoms with E-state index in [0.717, 1.165) is 22.2 Å². The molecule has 1 aromatic heterocycles. The third-order valence-electron chi connectivity index (χ3n) is 3.16. The van der Waals surface area contributed by atoms with Crippen molar-refractivity contribution in [3.8, 4) is 0 Å². The van der Waals surface area contributed by atoms with E-state index in [4.69, 9.17) is 5.11 Å². The molecule has 0 saturated heterocycles. The minimum atomic E-state index is -0.756. The third-order valence-corrected chi connectivity index (χ3v) is 3.16. The molecule has 2 aromatic rings. The van der Waals surface area contributed by atoms with Crippen LogP contribution in [0.1, 0.15) is 18.2 Å². The van der Waals surface area contributed by atoms with Crippen molar-refractivity contribution in [2.24, 2.45) is 13.0 Å². The molecule has 0 bridgehead atoms. The van der Waals surface area contributed by atoms with Gasteiger partial charge in [-0.2, -0.15) is 5.10 Å². The Morgan fingerprint density at radius 1 is 1.53 bits per heavy atom. The van der Waals surface area contributed by atoms with Crippen LogP contribution in [0.3, 0.4) is 0 Å². The van der Waals surface area contributed by atoms with Crippen molar-refractivity contribution >= 4 is 16.9 Å². The number of hydrogen-bond acceptors (Lipinski definition) is 2. The molecule has 0 radical (unpaired) electrons. The van der Waals surface area contributed by atoms with Crippen LogP contribution in [-0.2, 0) is 18.3 Å². The van der Waals surface area contributed by atoms with Crippen LogP contribution >= 0.6 is 0 Å². The summed E-state index contributed by atoms with van der Waals surface area (Å²) < 4.78 is 1.84. The van der Waals surface area contributed by atoms with Gasteiger partial charge in [-0.15, -0.1) is 0 Å². The van der Waals surface area contributed by atoms with Gasteiger partial charge in [-0.25, -0.2) is 0 Å². The molecule has 0 fully saturated rings. The number of carboxylic acids is 1. The summed E-state index contributed by atoms with van der Waals surface area (Å²) in [7, 11) is 1.91. The Balaban J connectivity index is 2.37. The molecule has 17 heavy (non-hydrogen) atoms. The van der Waals surface area contributed by atoms with Gasteiger partial charge in [0.2, 0.25) is 0 Å². The van der Waals surface area contributed by atoms with Gasteiger partial charge in [0.25, 0.3) is 0 Å². The summed E-state index contributed by atoms with van der Waals surface area (Å²) in [5, 5.41) is 14.4. The molecular weight excluding hydrogens is 216 g/mol. The monoisotopic (exact) mass is 232 g/mol. The smallest absolute Gasteiger partial charge is 0.306 e. The lowest BCUT2D eigenvalue weighted by atomic mass is 10.00. The first kappa shape index (κ1) is 11.6. The molecule has 1 N–H and O–H groups in total. The molecule has 1 unspecified atom stereocenters. The van der Waals surface area contributed by atoms with Gasteiger partial charge >= 0.3 is 5.97 Å². The standard InChI is InChI=1S/C13H16N2O2/c1-8(13(16)17)6-10-4-5-12-11(7-10)9(2)15(3)14-12/h4-5,7-8H,6H2,1-3H3,(H,16,17). The fourth-order valence-corrected chi connectivity index (χ4v) is 1.94. The van der Waals surface area contributed by atoms with Gasteiger partial charge in [-0.1, -0.05) is 13.0 Å². The maximum Gasteiger partial charge on any atom is 0.306 e. The summed E-state index contributed by atoms with van der Waals surface area (Å²) in [6, 6.07) is 5.94. The minimum Gasteiger partial charge on any atom is -0.481 e. The topological polar surface area (TPSA) is 55.1 Å². The zero-order valence-corrected chi connectivity index (χ0v) is 10.3. The van der Waals surface area contributed by atoms with E-state index in [-0.39, 0.29) is 5.92 Å². The van der Waals surface area contributed by atoms with E-state index in [1.807, 2.05) is 36.9 Å². The molecule has 0 amide bonds. The molecular formula is C13H16N2O2. The summed E-state index contributed by atoms with van der Waals surface area (Å²) in [5.74, 6) is -1.11. The number of carboxylic acid groups (broad SMARTS) is 1. The summed E-state index contributed by atoms with van der Waals surface area (Å²) in [4.78, 5) is 10.8. The van der Waals surface area contributed by atoms with Crippen molar-refractivity contribution in [3.63, 3.8) is 0 Å². The predicted molar refractivity (Wildman–Crippen MR) is 66.0 cm³/mol. The fourth-order valence-electron chi connectivity index (χ4n) is 1.94. The third kappa shape index (κ3) is 2.16. The van der Waals surface area contributed by atoms with Crippen molar-refractivity contribution in [1.29, 1.82) is 0 Å². The summed E-state index contributed by atoms with van der Waals surface area (Å²) in [5.41, 5.74) is 3.10. The Hall–Kier alpha value is -1.84. The lowest BCUT2D eigenvalue weighted by Gasteiger charge is -2.06. The lowest BCUT2D eigenvalue weighted by molar-refractivity contribution is -0.141. The molecule has 1 atom stereocenters. The van der Waals surface area contributed by atoms with Gasteiger partial charge in [-0.05, 0) is 31.0 Å². The van der Waals surface area contributed by atoms with Crippen LogP contribution in [0.25, 0.3) is 10.9 Å². The number of aryl methyl sites for hydroxylation is 2. The Morgan fingerprint density at radius 3 is 2.88 bits per heavy atom. The largest absolute Gasteiger partial charge is 0.481 e. The van der Waals surface area contributed by atoms with Crippen molar-refractivity contribution in [3.05, 3.63) is 29.5 Å². The van der Waals surface area contributed by atoms with E-state index < -0.39 is 5.97 Å². The van der Waals surface area contributed by atoms with Gasteiger partial charge in [0, 0.05) is 18.1 Å². The van der Waals surface area contributed by atoms with Crippen molar-refractivity contribution in [2.45, 2.75) is 20.3 Å². The predicted octanol–water partition coefficient (Wildman–Crippen LogP) is 2.14. The average molecular weight is 232 g/mol. The second kappa shape index (κ2) is 4.20. The maximum absolute atomic E-state index is 10.8. The van der Waals surface area contributed by atoms with Gasteiger partial charge < -0.3 is 5.11 Å². The van der Waals surface area contributed by atoms with E-state index >= 15 is 0 Å². The molecule has 0 aliphatic carbocycles. The highest BCUT2D eigenvalue weighted by atomic mass is 16.4. The molecule has 4 heteroatoms. The Labute approximate surface area is 99.9 Å². The normalized spacial score (nSPS) is 12.9. The molecule has 1 heterocycles. The van der Waals surface area contributed by atoms with Crippen molar-refractivity contribution in [2.75, 3.05) is 0 Å². The number of nitrogens with zero attached hydrogens (tertiary/aromatic N) is 2. The first-order chi connectivity index (χ1) is 7.99. The highest BCUT2D eigenvalue weighted by Gasteiger charge is 2.13. The van der Waals surface area contributed by atoms with Gasteiger partial charge in [0.1, 0.15) is 0 Å². The number of carbonyl (C=O) groups is 1. The Morgan fingerprint density at radius 2 is 2.24 bits per heavy atom. The summed E-state index contributed by atoms with van der Waals surface area (Å²) in [6.45, 7) is 3.74. The van der Waals surface area contributed by atoms with Crippen LogP contribution in [0.2, 0.25) is 0 Å². The van der Waals surface area contributed by atoms with Crippen LogP contribution in [0.15, 0.2) is 18.2 Å². The van der Waals surface area contributed by atoms with Gasteiger partial charge in [0.05, 0.1) is 11.4 Å². The molecule has 0 aliphatic heterocycles. The second-order valence-electron chi connectivity index (χ2n) is 4.50. The SMILES string of the molecule is Cc1c2cc(CC(C)C(=O)O)ccc2nn1C. The van der Waals surface area contributed by atoms with E-state index in [1.165, 1.54) is 0 Å². The summed E-state index contributed by atoms with van der Waals surface area (Å²) in [6.07, 6.45) is 0.555. The van der Waals surface area contributed by atoms with E-state index in [9.17, 15) is 4.79 Å². The highest BCUT2D eigenvalue weighted by Crippen LogP contribution is 2.20.